The number of thiophene rings is 1. The molecule has 0 saturated heterocycles. The summed E-state index contributed by atoms with van der Waals surface area (Å²) in [6, 6.07) is -0.426. The number of urea groups is 1. The summed E-state index contributed by atoms with van der Waals surface area (Å²) >= 11 is 1.43. The number of anilines is 1. The number of rotatable bonds is 5. The summed E-state index contributed by atoms with van der Waals surface area (Å²) < 4.78 is 5.07. The standard InChI is InChI=1S/C13H18N2O4S/c1-2-19-12(17)10-8-4-3-5-9(8)20-11(10)15-13(18)14-6-7-16/h16H,2-7H2,1H3,(H2,14,15,18). The molecule has 0 fully saturated rings. The number of nitrogens with one attached hydrogen (secondary N) is 2. The molecule has 0 aromatic carbocycles. The molecule has 1 aliphatic carbocycles. The molecular weight excluding hydrogens is 280 g/mol. The SMILES string of the molecule is CCOC(=O)c1c(NC(=O)NCCO)sc2c1CCC2. The van der Waals surface area contributed by atoms with Gasteiger partial charge in [0.1, 0.15) is 5.00 Å². The Hall–Kier alpha value is -1.60. The first kappa shape index (κ1) is 14.8. The smallest absolute Gasteiger partial charge is 0.341 e. The van der Waals surface area contributed by atoms with Crippen molar-refractivity contribution in [2.45, 2.75) is 26.2 Å². The first-order valence-electron chi connectivity index (χ1n) is 6.64. The largest absolute Gasteiger partial charge is 0.462 e. The Morgan fingerprint density at radius 1 is 1.40 bits per heavy atom. The van der Waals surface area contributed by atoms with Crippen molar-refractivity contribution < 1.29 is 19.4 Å². The van der Waals surface area contributed by atoms with E-state index in [-0.39, 0.29) is 19.1 Å². The molecular formula is C13H18N2O4S. The molecule has 7 heteroatoms. The molecule has 0 saturated carbocycles. The Kier molecular flexibility index (Phi) is 4.97. The molecule has 0 spiro atoms. The van der Waals surface area contributed by atoms with Gasteiger partial charge in [-0.3, -0.25) is 5.32 Å². The van der Waals surface area contributed by atoms with E-state index in [0.717, 1.165) is 29.7 Å². The van der Waals surface area contributed by atoms with Gasteiger partial charge < -0.3 is 15.2 Å². The number of aryl methyl sites for hydroxylation is 1. The normalized spacial score (nSPS) is 12.9. The predicted octanol–water partition coefficient (Wildman–Crippen LogP) is 1.53. The minimum atomic E-state index is -0.426. The van der Waals surface area contributed by atoms with Gasteiger partial charge in [-0.1, -0.05) is 0 Å². The zero-order chi connectivity index (χ0) is 14.5. The van der Waals surface area contributed by atoms with Crippen LogP contribution in [0.1, 0.15) is 34.1 Å². The minimum Gasteiger partial charge on any atom is -0.462 e. The second kappa shape index (κ2) is 6.71. The number of carbonyl (C=O) groups is 2. The van der Waals surface area contributed by atoms with Crippen molar-refractivity contribution in [3.63, 3.8) is 0 Å². The molecule has 3 N–H and O–H groups in total. The van der Waals surface area contributed by atoms with Gasteiger partial charge in [0, 0.05) is 11.4 Å². The molecule has 1 heterocycles. The van der Waals surface area contributed by atoms with E-state index in [1.165, 1.54) is 11.3 Å². The maximum atomic E-state index is 12.1. The highest BCUT2D eigenvalue weighted by molar-refractivity contribution is 7.17. The van der Waals surface area contributed by atoms with E-state index in [0.29, 0.717) is 17.2 Å². The van der Waals surface area contributed by atoms with Gasteiger partial charge in [0.2, 0.25) is 0 Å². The van der Waals surface area contributed by atoms with E-state index in [4.69, 9.17) is 9.84 Å². The van der Waals surface area contributed by atoms with Crippen molar-refractivity contribution in [2.24, 2.45) is 0 Å². The summed E-state index contributed by atoms with van der Waals surface area (Å²) in [4.78, 5) is 24.9. The molecule has 0 aliphatic heterocycles. The van der Waals surface area contributed by atoms with Crippen LogP contribution in [0.2, 0.25) is 0 Å². The third kappa shape index (κ3) is 3.10. The number of ether oxygens (including phenoxy) is 1. The number of aliphatic hydroxyl groups is 1. The van der Waals surface area contributed by atoms with Gasteiger partial charge in [0.25, 0.3) is 0 Å². The number of aliphatic hydroxyl groups excluding tert-OH is 1. The van der Waals surface area contributed by atoms with E-state index in [9.17, 15) is 9.59 Å². The lowest BCUT2D eigenvalue weighted by molar-refractivity contribution is 0.0527. The maximum absolute atomic E-state index is 12.1. The molecule has 0 atom stereocenters. The fourth-order valence-corrected chi connectivity index (χ4v) is 3.50. The number of hydrogen-bond donors (Lipinski definition) is 3. The first-order chi connectivity index (χ1) is 9.67. The summed E-state index contributed by atoms with van der Waals surface area (Å²) in [5, 5.41) is 14.4. The third-order valence-electron chi connectivity index (χ3n) is 3.03. The van der Waals surface area contributed by atoms with E-state index in [2.05, 4.69) is 10.6 Å². The summed E-state index contributed by atoms with van der Waals surface area (Å²) in [7, 11) is 0. The molecule has 2 rings (SSSR count). The van der Waals surface area contributed by atoms with Crippen molar-refractivity contribution in [3.8, 4) is 0 Å². The van der Waals surface area contributed by atoms with Crippen LogP contribution in [-0.4, -0.2) is 36.9 Å². The molecule has 0 unspecified atom stereocenters. The van der Waals surface area contributed by atoms with Gasteiger partial charge in [-0.15, -0.1) is 11.3 Å². The van der Waals surface area contributed by atoms with E-state index in [1.54, 1.807) is 6.92 Å². The molecule has 1 aliphatic rings. The number of carbonyl (C=O) groups excluding carboxylic acids is 2. The van der Waals surface area contributed by atoms with Crippen LogP contribution in [0, 0.1) is 0 Å². The number of hydrogen-bond acceptors (Lipinski definition) is 5. The van der Waals surface area contributed by atoms with E-state index in [1.807, 2.05) is 0 Å². The van der Waals surface area contributed by atoms with Crippen LogP contribution in [0.5, 0.6) is 0 Å². The van der Waals surface area contributed by atoms with Crippen LogP contribution >= 0.6 is 11.3 Å². The number of amides is 2. The van der Waals surface area contributed by atoms with Crippen molar-refractivity contribution in [3.05, 3.63) is 16.0 Å². The zero-order valence-corrected chi connectivity index (χ0v) is 12.1. The lowest BCUT2D eigenvalue weighted by atomic mass is 10.1. The molecule has 0 radical (unpaired) electrons. The molecule has 1 aromatic rings. The Morgan fingerprint density at radius 3 is 2.90 bits per heavy atom. The van der Waals surface area contributed by atoms with Gasteiger partial charge in [0.05, 0.1) is 18.8 Å². The highest BCUT2D eigenvalue weighted by Gasteiger charge is 2.28. The summed E-state index contributed by atoms with van der Waals surface area (Å²) in [6.07, 6.45) is 2.82. The van der Waals surface area contributed by atoms with E-state index >= 15 is 0 Å². The van der Waals surface area contributed by atoms with Crippen molar-refractivity contribution in [1.82, 2.24) is 5.32 Å². The predicted molar refractivity (Wildman–Crippen MR) is 76.4 cm³/mol. The highest BCUT2D eigenvalue weighted by Crippen LogP contribution is 2.39. The molecule has 1 aromatic heterocycles. The van der Waals surface area contributed by atoms with Gasteiger partial charge in [-0.25, -0.2) is 9.59 Å². The monoisotopic (exact) mass is 298 g/mol. The van der Waals surface area contributed by atoms with Gasteiger partial charge in [0.15, 0.2) is 0 Å². The van der Waals surface area contributed by atoms with Crippen LogP contribution < -0.4 is 10.6 Å². The first-order valence-corrected chi connectivity index (χ1v) is 7.46. The average molecular weight is 298 g/mol. The van der Waals surface area contributed by atoms with Crippen LogP contribution in [0.4, 0.5) is 9.80 Å². The Labute approximate surface area is 121 Å². The molecule has 0 bridgehead atoms. The molecule has 2 amide bonds. The Morgan fingerprint density at radius 2 is 2.20 bits per heavy atom. The fourth-order valence-electron chi connectivity index (χ4n) is 2.23. The number of esters is 1. The quantitative estimate of drug-likeness (QED) is 0.719. The molecule has 20 heavy (non-hydrogen) atoms. The van der Waals surface area contributed by atoms with Crippen molar-refractivity contribution in [2.75, 3.05) is 25.1 Å². The fraction of sp³-hybridized carbons (Fsp3) is 0.538. The lowest BCUT2D eigenvalue weighted by Gasteiger charge is -2.08. The van der Waals surface area contributed by atoms with Gasteiger partial charge in [-0.2, -0.15) is 0 Å². The zero-order valence-electron chi connectivity index (χ0n) is 11.3. The topological polar surface area (TPSA) is 87.7 Å². The Balaban J connectivity index is 2.19. The minimum absolute atomic E-state index is 0.126. The van der Waals surface area contributed by atoms with Crippen molar-refractivity contribution >= 4 is 28.3 Å². The van der Waals surface area contributed by atoms with Crippen LogP contribution in [0.25, 0.3) is 0 Å². The average Bonchev–Trinajstić information content (AvgIpc) is 2.96. The lowest BCUT2D eigenvalue weighted by Crippen LogP contribution is -2.31. The second-order valence-corrected chi connectivity index (χ2v) is 5.49. The second-order valence-electron chi connectivity index (χ2n) is 4.39. The molecule has 6 nitrogen and oxygen atoms in total. The maximum Gasteiger partial charge on any atom is 0.341 e. The van der Waals surface area contributed by atoms with E-state index < -0.39 is 6.03 Å². The molecule has 110 valence electrons. The summed E-state index contributed by atoms with van der Waals surface area (Å²) in [6.45, 7) is 2.11. The highest BCUT2D eigenvalue weighted by atomic mass is 32.1. The van der Waals surface area contributed by atoms with Crippen LogP contribution in [-0.2, 0) is 17.6 Å². The third-order valence-corrected chi connectivity index (χ3v) is 4.23. The van der Waals surface area contributed by atoms with Crippen molar-refractivity contribution in [1.29, 1.82) is 0 Å². The van der Waals surface area contributed by atoms with Crippen LogP contribution in [0.3, 0.4) is 0 Å². The summed E-state index contributed by atoms with van der Waals surface area (Å²) in [5.41, 5.74) is 1.49. The Bertz CT molecular complexity index is 513. The van der Waals surface area contributed by atoms with Crippen LogP contribution in [0.15, 0.2) is 0 Å². The van der Waals surface area contributed by atoms with Gasteiger partial charge in [-0.05, 0) is 31.7 Å². The summed E-state index contributed by atoms with van der Waals surface area (Å²) in [5.74, 6) is -0.385. The number of fused-ring (bicyclic) bond motifs is 1. The van der Waals surface area contributed by atoms with Gasteiger partial charge >= 0.3 is 12.0 Å².